The fourth-order valence-corrected chi connectivity index (χ4v) is 1.60. The lowest BCUT2D eigenvalue weighted by Crippen LogP contribution is -2.23. The van der Waals surface area contributed by atoms with Crippen LogP contribution in [0.1, 0.15) is 16.8 Å². The van der Waals surface area contributed by atoms with E-state index in [2.05, 4.69) is 15.9 Å². The summed E-state index contributed by atoms with van der Waals surface area (Å²) in [6.45, 7) is 3.59. The molecule has 1 aromatic rings. The summed E-state index contributed by atoms with van der Waals surface area (Å²) < 4.78 is 2.29. The van der Waals surface area contributed by atoms with Crippen molar-refractivity contribution in [1.29, 1.82) is 5.26 Å². The van der Waals surface area contributed by atoms with E-state index in [9.17, 15) is 4.79 Å². The Hall–Kier alpha value is -1.08. The van der Waals surface area contributed by atoms with E-state index in [1.165, 1.54) is 4.57 Å². The van der Waals surface area contributed by atoms with Crippen LogP contribution in [0.5, 0.6) is 0 Å². The molecule has 0 fully saturated rings. The highest BCUT2D eigenvalue weighted by Crippen LogP contribution is 2.20. The summed E-state index contributed by atoms with van der Waals surface area (Å²) in [5.41, 5.74) is 1.52. The molecule has 0 spiro atoms. The van der Waals surface area contributed by atoms with Crippen LogP contribution in [0.4, 0.5) is 0 Å². The molecular formula is C9H9BrN2O. The number of pyridine rings is 1. The van der Waals surface area contributed by atoms with Gasteiger partial charge in [0.15, 0.2) is 0 Å². The van der Waals surface area contributed by atoms with E-state index in [-0.39, 0.29) is 11.1 Å². The van der Waals surface area contributed by atoms with Crippen molar-refractivity contribution in [3.63, 3.8) is 0 Å². The largest absolute Gasteiger partial charge is 0.314 e. The first-order chi connectivity index (χ1) is 6.00. The van der Waals surface area contributed by atoms with E-state index in [0.717, 1.165) is 10.2 Å². The second-order valence-corrected chi connectivity index (χ2v) is 3.67. The maximum Gasteiger partial charge on any atom is 0.268 e. The highest BCUT2D eigenvalue weighted by Gasteiger charge is 2.12. The van der Waals surface area contributed by atoms with Gasteiger partial charge in [-0.1, -0.05) is 0 Å². The van der Waals surface area contributed by atoms with Crippen molar-refractivity contribution in [1.82, 2.24) is 4.57 Å². The fourth-order valence-electron chi connectivity index (χ4n) is 1.14. The third-order valence-corrected chi connectivity index (χ3v) is 3.32. The first-order valence-electron chi connectivity index (χ1n) is 3.76. The van der Waals surface area contributed by atoms with E-state index >= 15 is 0 Å². The van der Waals surface area contributed by atoms with Crippen molar-refractivity contribution in [3.05, 3.63) is 31.6 Å². The van der Waals surface area contributed by atoms with Gasteiger partial charge in [-0.25, -0.2) is 0 Å². The van der Waals surface area contributed by atoms with Gasteiger partial charge in [0.2, 0.25) is 0 Å². The Balaban J connectivity index is 3.80. The molecule has 0 N–H and O–H groups in total. The molecule has 0 aliphatic heterocycles. The molecule has 1 heterocycles. The average molecular weight is 241 g/mol. The summed E-state index contributed by atoms with van der Waals surface area (Å²) in [4.78, 5) is 11.5. The highest BCUT2D eigenvalue weighted by molar-refractivity contribution is 9.10. The lowest BCUT2D eigenvalue weighted by Gasteiger charge is -2.09. The van der Waals surface area contributed by atoms with Gasteiger partial charge in [-0.15, -0.1) is 0 Å². The van der Waals surface area contributed by atoms with Crippen LogP contribution in [0.2, 0.25) is 0 Å². The van der Waals surface area contributed by atoms with Crippen LogP contribution in [0.15, 0.2) is 9.27 Å². The van der Waals surface area contributed by atoms with Crippen LogP contribution in [0, 0.1) is 25.2 Å². The first-order valence-corrected chi connectivity index (χ1v) is 4.55. The van der Waals surface area contributed by atoms with E-state index in [0.29, 0.717) is 5.56 Å². The Morgan fingerprint density at radius 1 is 1.46 bits per heavy atom. The van der Waals surface area contributed by atoms with E-state index in [4.69, 9.17) is 5.26 Å². The van der Waals surface area contributed by atoms with Crippen molar-refractivity contribution in [3.8, 4) is 6.07 Å². The quantitative estimate of drug-likeness (QED) is 0.693. The second-order valence-electron chi connectivity index (χ2n) is 2.88. The predicted molar refractivity (Wildman–Crippen MR) is 53.6 cm³/mol. The molecule has 1 aromatic heterocycles. The van der Waals surface area contributed by atoms with Gasteiger partial charge in [0.1, 0.15) is 11.6 Å². The summed E-state index contributed by atoms with van der Waals surface area (Å²) in [6.07, 6.45) is 0. The molecular weight excluding hydrogens is 232 g/mol. The molecule has 0 aliphatic rings. The minimum Gasteiger partial charge on any atom is -0.314 e. The molecule has 0 aromatic carbocycles. The summed E-state index contributed by atoms with van der Waals surface area (Å²) in [5, 5.41) is 8.75. The van der Waals surface area contributed by atoms with Gasteiger partial charge < -0.3 is 4.57 Å². The summed E-state index contributed by atoms with van der Waals surface area (Å²) >= 11 is 3.34. The normalized spacial score (nSPS) is 9.77. The van der Waals surface area contributed by atoms with E-state index in [1.54, 1.807) is 14.0 Å². The molecule has 3 nitrogen and oxygen atoms in total. The lowest BCUT2D eigenvalue weighted by atomic mass is 10.1. The molecule has 68 valence electrons. The Labute approximate surface area is 84.7 Å². The molecule has 0 saturated heterocycles. The van der Waals surface area contributed by atoms with Crippen molar-refractivity contribution >= 4 is 15.9 Å². The fraction of sp³-hybridized carbons (Fsp3) is 0.333. The van der Waals surface area contributed by atoms with E-state index < -0.39 is 0 Å². The number of nitriles is 1. The molecule has 13 heavy (non-hydrogen) atoms. The molecule has 1 rings (SSSR count). The van der Waals surface area contributed by atoms with Gasteiger partial charge in [0.05, 0.1) is 0 Å². The SMILES string of the molecule is Cc1c(Br)c(C)n(C)c(=O)c1C#N. The van der Waals surface area contributed by atoms with Crippen LogP contribution >= 0.6 is 15.9 Å². The third-order valence-electron chi connectivity index (χ3n) is 2.16. The maximum absolute atomic E-state index is 11.5. The number of hydrogen-bond donors (Lipinski definition) is 0. The summed E-state index contributed by atoms with van der Waals surface area (Å²) in [5.74, 6) is 0. The molecule has 0 aliphatic carbocycles. The smallest absolute Gasteiger partial charge is 0.268 e. The Kier molecular flexibility index (Phi) is 2.58. The average Bonchev–Trinajstić information content (AvgIpc) is 2.13. The van der Waals surface area contributed by atoms with Crippen LogP contribution < -0.4 is 5.56 Å². The van der Waals surface area contributed by atoms with Crippen LogP contribution in [0.25, 0.3) is 0 Å². The Morgan fingerprint density at radius 2 is 2.00 bits per heavy atom. The number of halogens is 1. The monoisotopic (exact) mass is 240 g/mol. The lowest BCUT2D eigenvalue weighted by molar-refractivity contribution is 0.803. The molecule has 0 bridgehead atoms. The zero-order valence-corrected chi connectivity index (χ0v) is 9.27. The molecule has 0 unspecified atom stereocenters. The van der Waals surface area contributed by atoms with Crippen LogP contribution in [-0.2, 0) is 7.05 Å². The minimum atomic E-state index is -0.235. The van der Waals surface area contributed by atoms with Crippen LogP contribution in [0.3, 0.4) is 0 Å². The van der Waals surface area contributed by atoms with Gasteiger partial charge in [-0.05, 0) is 35.3 Å². The third kappa shape index (κ3) is 1.40. The van der Waals surface area contributed by atoms with Gasteiger partial charge in [-0.2, -0.15) is 5.26 Å². The molecule has 4 heteroatoms. The van der Waals surface area contributed by atoms with Gasteiger partial charge in [0.25, 0.3) is 5.56 Å². The van der Waals surface area contributed by atoms with Gasteiger partial charge >= 0.3 is 0 Å². The predicted octanol–water partition coefficient (Wildman–Crippen LogP) is 1.64. The number of hydrogen-bond acceptors (Lipinski definition) is 2. The van der Waals surface area contributed by atoms with Crippen molar-refractivity contribution in [2.45, 2.75) is 13.8 Å². The second kappa shape index (κ2) is 3.35. The number of nitrogens with zero attached hydrogens (tertiary/aromatic N) is 2. The zero-order valence-electron chi connectivity index (χ0n) is 7.68. The minimum absolute atomic E-state index is 0.208. The van der Waals surface area contributed by atoms with Crippen molar-refractivity contribution < 1.29 is 0 Å². The van der Waals surface area contributed by atoms with Crippen molar-refractivity contribution in [2.24, 2.45) is 7.05 Å². The Morgan fingerprint density at radius 3 is 2.46 bits per heavy atom. The zero-order chi connectivity index (χ0) is 10.2. The standard InChI is InChI=1S/C9H9BrN2O/c1-5-7(4-11)9(13)12(3)6(2)8(5)10/h1-3H3. The van der Waals surface area contributed by atoms with Crippen LogP contribution in [-0.4, -0.2) is 4.57 Å². The summed E-state index contributed by atoms with van der Waals surface area (Å²) in [7, 11) is 1.66. The highest BCUT2D eigenvalue weighted by atomic mass is 79.9. The summed E-state index contributed by atoms with van der Waals surface area (Å²) in [6, 6.07) is 1.91. The number of rotatable bonds is 0. The molecule has 0 radical (unpaired) electrons. The van der Waals surface area contributed by atoms with Gasteiger partial charge in [-0.3, -0.25) is 4.79 Å². The molecule has 0 saturated carbocycles. The molecule has 0 atom stereocenters. The van der Waals surface area contributed by atoms with Gasteiger partial charge in [0, 0.05) is 17.2 Å². The van der Waals surface area contributed by atoms with Crippen molar-refractivity contribution in [2.75, 3.05) is 0 Å². The Bertz CT molecular complexity index is 454. The topological polar surface area (TPSA) is 45.8 Å². The molecule has 0 amide bonds. The maximum atomic E-state index is 11.5. The number of aromatic nitrogens is 1. The van der Waals surface area contributed by atoms with E-state index in [1.807, 2.05) is 13.0 Å². The first kappa shape index (κ1) is 10.0.